The predicted octanol–water partition coefficient (Wildman–Crippen LogP) is 3.99. The highest BCUT2D eigenvalue weighted by Crippen LogP contribution is 2.30. The molecule has 0 saturated carbocycles. The molecule has 2 aromatic heterocycles. The Bertz CT molecular complexity index is 1180. The van der Waals surface area contributed by atoms with E-state index in [0.717, 1.165) is 40.9 Å². The molecule has 0 radical (unpaired) electrons. The monoisotopic (exact) mass is 416 g/mol. The maximum atomic E-state index is 11.9. The standard InChI is InChI=1S/C23H24N6O2/c1-3-13-29-20(4-2)21(23(30)31)19(26-29)14-15-9-11-16(12-10-15)17-7-5-6-8-18(17)22-24-27-28-25-22/h5-12H,3-4,13-14H2,1-2H3,(H,30,31)(H,24,25,27,28). The van der Waals surface area contributed by atoms with Crippen LogP contribution in [-0.2, 0) is 19.4 Å². The minimum Gasteiger partial charge on any atom is -0.478 e. The van der Waals surface area contributed by atoms with Gasteiger partial charge in [-0.1, -0.05) is 62.4 Å². The molecular formula is C23H24N6O2. The highest BCUT2D eigenvalue weighted by Gasteiger charge is 2.22. The van der Waals surface area contributed by atoms with Crippen molar-refractivity contribution in [3.05, 3.63) is 71.0 Å². The third-order valence-corrected chi connectivity index (χ3v) is 5.26. The lowest BCUT2D eigenvalue weighted by atomic mass is 9.97. The zero-order chi connectivity index (χ0) is 21.8. The first-order valence-corrected chi connectivity index (χ1v) is 10.4. The van der Waals surface area contributed by atoms with Gasteiger partial charge in [0.15, 0.2) is 0 Å². The van der Waals surface area contributed by atoms with E-state index in [9.17, 15) is 9.90 Å². The molecule has 0 spiro atoms. The minimum absolute atomic E-state index is 0.336. The summed E-state index contributed by atoms with van der Waals surface area (Å²) in [5.41, 5.74) is 5.65. The molecule has 31 heavy (non-hydrogen) atoms. The summed E-state index contributed by atoms with van der Waals surface area (Å²) in [5.74, 6) is -0.376. The van der Waals surface area contributed by atoms with Gasteiger partial charge in [-0.2, -0.15) is 10.3 Å². The predicted molar refractivity (Wildman–Crippen MR) is 117 cm³/mol. The summed E-state index contributed by atoms with van der Waals surface area (Å²) in [6.45, 7) is 4.75. The van der Waals surface area contributed by atoms with E-state index in [1.807, 2.05) is 60.1 Å². The molecule has 0 aliphatic carbocycles. The van der Waals surface area contributed by atoms with Crippen molar-refractivity contribution in [3.63, 3.8) is 0 Å². The molecule has 0 unspecified atom stereocenters. The summed E-state index contributed by atoms with van der Waals surface area (Å²) in [7, 11) is 0. The first-order chi connectivity index (χ1) is 15.1. The first-order valence-electron chi connectivity index (χ1n) is 10.4. The van der Waals surface area contributed by atoms with Crippen LogP contribution in [0, 0.1) is 0 Å². The second-order valence-corrected chi connectivity index (χ2v) is 7.30. The molecule has 0 saturated heterocycles. The van der Waals surface area contributed by atoms with Gasteiger partial charge in [0, 0.05) is 18.5 Å². The van der Waals surface area contributed by atoms with E-state index in [2.05, 4.69) is 32.6 Å². The van der Waals surface area contributed by atoms with Gasteiger partial charge in [0.1, 0.15) is 5.56 Å². The van der Waals surface area contributed by atoms with E-state index in [1.54, 1.807) is 0 Å². The van der Waals surface area contributed by atoms with Crippen LogP contribution in [0.15, 0.2) is 48.5 Å². The summed E-state index contributed by atoms with van der Waals surface area (Å²) in [6.07, 6.45) is 2.01. The molecule has 8 heteroatoms. The summed E-state index contributed by atoms with van der Waals surface area (Å²) < 4.78 is 1.84. The number of aryl methyl sites for hydroxylation is 1. The summed E-state index contributed by atoms with van der Waals surface area (Å²) >= 11 is 0. The average Bonchev–Trinajstić information content (AvgIpc) is 3.43. The van der Waals surface area contributed by atoms with Gasteiger partial charge in [-0.15, -0.1) is 10.2 Å². The van der Waals surface area contributed by atoms with E-state index in [4.69, 9.17) is 0 Å². The van der Waals surface area contributed by atoms with Crippen LogP contribution in [0.25, 0.3) is 22.5 Å². The number of carboxylic acids is 1. The fraction of sp³-hybridized carbons (Fsp3) is 0.261. The van der Waals surface area contributed by atoms with Crippen molar-refractivity contribution in [1.82, 2.24) is 30.4 Å². The highest BCUT2D eigenvalue weighted by molar-refractivity contribution is 5.90. The number of hydrogen-bond acceptors (Lipinski definition) is 5. The molecule has 8 nitrogen and oxygen atoms in total. The highest BCUT2D eigenvalue weighted by atomic mass is 16.4. The quantitative estimate of drug-likeness (QED) is 0.449. The second kappa shape index (κ2) is 8.91. The Labute approximate surface area is 179 Å². The summed E-state index contributed by atoms with van der Waals surface area (Å²) in [6, 6.07) is 16.0. The number of nitrogens with zero attached hydrogens (tertiary/aromatic N) is 5. The van der Waals surface area contributed by atoms with Crippen LogP contribution < -0.4 is 0 Å². The van der Waals surface area contributed by atoms with Crippen LogP contribution >= 0.6 is 0 Å². The third-order valence-electron chi connectivity index (χ3n) is 5.26. The van der Waals surface area contributed by atoms with Crippen LogP contribution in [0.5, 0.6) is 0 Å². The molecule has 158 valence electrons. The van der Waals surface area contributed by atoms with Crippen LogP contribution in [0.4, 0.5) is 0 Å². The Morgan fingerprint density at radius 2 is 1.81 bits per heavy atom. The zero-order valence-electron chi connectivity index (χ0n) is 17.5. The molecule has 2 heterocycles. The van der Waals surface area contributed by atoms with E-state index in [0.29, 0.717) is 29.9 Å². The molecule has 0 aliphatic rings. The van der Waals surface area contributed by atoms with Crippen molar-refractivity contribution in [2.24, 2.45) is 0 Å². The molecule has 0 amide bonds. The van der Waals surface area contributed by atoms with Crippen LogP contribution in [0.3, 0.4) is 0 Å². The van der Waals surface area contributed by atoms with Gasteiger partial charge < -0.3 is 5.11 Å². The van der Waals surface area contributed by atoms with Crippen molar-refractivity contribution >= 4 is 5.97 Å². The van der Waals surface area contributed by atoms with Crippen molar-refractivity contribution < 1.29 is 9.90 Å². The summed E-state index contributed by atoms with van der Waals surface area (Å²) in [5, 5.41) is 28.7. The molecule has 4 aromatic rings. The topological polar surface area (TPSA) is 110 Å². The van der Waals surface area contributed by atoms with E-state index < -0.39 is 5.97 Å². The van der Waals surface area contributed by atoms with Gasteiger partial charge in [0.2, 0.25) is 5.82 Å². The molecule has 2 aromatic carbocycles. The molecule has 0 fully saturated rings. The Balaban J connectivity index is 1.65. The summed E-state index contributed by atoms with van der Waals surface area (Å²) in [4.78, 5) is 11.9. The normalized spacial score (nSPS) is 11.0. The molecule has 2 N–H and O–H groups in total. The number of carbonyl (C=O) groups is 1. The number of aromatic nitrogens is 6. The molecule has 4 rings (SSSR count). The zero-order valence-corrected chi connectivity index (χ0v) is 17.5. The Hall–Kier alpha value is -3.81. The van der Waals surface area contributed by atoms with Crippen molar-refractivity contribution in [1.29, 1.82) is 0 Å². The number of nitrogens with one attached hydrogen (secondary N) is 1. The van der Waals surface area contributed by atoms with Gasteiger partial charge in [-0.25, -0.2) is 4.79 Å². The van der Waals surface area contributed by atoms with Crippen molar-refractivity contribution in [2.45, 2.75) is 39.7 Å². The molecule has 0 atom stereocenters. The fourth-order valence-electron chi connectivity index (χ4n) is 3.88. The number of tetrazole rings is 1. The lowest BCUT2D eigenvalue weighted by Gasteiger charge is -2.08. The van der Waals surface area contributed by atoms with Gasteiger partial charge in [0.05, 0.1) is 11.4 Å². The Morgan fingerprint density at radius 1 is 1.06 bits per heavy atom. The van der Waals surface area contributed by atoms with Crippen molar-refractivity contribution in [2.75, 3.05) is 0 Å². The maximum absolute atomic E-state index is 11.9. The number of H-pyrrole nitrogens is 1. The number of benzene rings is 2. The lowest BCUT2D eigenvalue weighted by molar-refractivity contribution is 0.0694. The van der Waals surface area contributed by atoms with Crippen molar-refractivity contribution in [3.8, 4) is 22.5 Å². The van der Waals surface area contributed by atoms with Gasteiger partial charge in [-0.05, 0) is 34.7 Å². The maximum Gasteiger partial charge on any atom is 0.339 e. The molecule has 0 bridgehead atoms. The molecular weight excluding hydrogens is 392 g/mol. The average molecular weight is 416 g/mol. The fourth-order valence-corrected chi connectivity index (χ4v) is 3.88. The van der Waals surface area contributed by atoms with Gasteiger partial charge >= 0.3 is 5.97 Å². The van der Waals surface area contributed by atoms with Crippen LogP contribution in [0.1, 0.15) is 47.6 Å². The number of hydrogen-bond donors (Lipinski definition) is 2. The lowest BCUT2D eigenvalue weighted by Crippen LogP contribution is -2.07. The molecule has 0 aliphatic heterocycles. The Morgan fingerprint density at radius 3 is 2.42 bits per heavy atom. The van der Waals surface area contributed by atoms with E-state index >= 15 is 0 Å². The Kier molecular flexibility index (Phi) is 5.88. The number of aromatic amines is 1. The minimum atomic E-state index is -0.917. The SMILES string of the molecule is CCCn1nc(Cc2ccc(-c3ccccc3-c3nn[nH]n3)cc2)c(C(=O)O)c1CC. The third kappa shape index (κ3) is 4.09. The van der Waals surface area contributed by atoms with Crippen LogP contribution in [0.2, 0.25) is 0 Å². The van der Waals surface area contributed by atoms with Crippen LogP contribution in [-0.4, -0.2) is 41.5 Å². The number of aromatic carboxylic acids is 1. The second-order valence-electron chi connectivity index (χ2n) is 7.30. The van der Waals surface area contributed by atoms with E-state index in [1.165, 1.54) is 0 Å². The largest absolute Gasteiger partial charge is 0.478 e. The first kappa shape index (κ1) is 20.5. The number of rotatable bonds is 8. The van der Waals surface area contributed by atoms with Gasteiger partial charge in [0.25, 0.3) is 0 Å². The smallest absolute Gasteiger partial charge is 0.339 e. The van der Waals surface area contributed by atoms with Gasteiger partial charge in [-0.3, -0.25) is 4.68 Å². The van der Waals surface area contributed by atoms with E-state index in [-0.39, 0.29) is 0 Å². The number of carboxylic acid groups (broad SMARTS) is 1.